The summed E-state index contributed by atoms with van der Waals surface area (Å²) in [6.07, 6.45) is 6.45. The molecule has 0 amide bonds. The van der Waals surface area contributed by atoms with Crippen molar-refractivity contribution >= 4 is 0 Å². The van der Waals surface area contributed by atoms with E-state index in [2.05, 4.69) is 36.1 Å². The summed E-state index contributed by atoms with van der Waals surface area (Å²) in [6.45, 7) is 4.74. The molecule has 0 bridgehead atoms. The normalized spacial score (nSPS) is 22.5. The Kier molecular flexibility index (Phi) is 4.95. The minimum atomic E-state index is 0.301. The van der Waals surface area contributed by atoms with E-state index < -0.39 is 0 Å². The zero-order valence-electron chi connectivity index (χ0n) is 15.4. The monoisotopic (exact) mass is 346 g/mol. The van der Waals surface area contributed by atoms with E-state index >= 15 is 0 Å². The van der Waals surface area contributed by atoms with Crippen molar-refractivity contribution in [1.29, 1.82) is 5.26 Å². The molecule has 2 aliphatic heterocycles. The molecule has 134 valence electrons. The lowest BCUT2D eigenvalue weighted by Crippen LogP contribution is -2.39. The Balaban J connectivity index is 1.40. The van der Waals surface area contributed by atoms with Gasteiger partial charge in [0, 0.05) is 19.0 Å². The van der Waals surface area contributed by atoms with E-state index in [1.807, 2.05) is 24.3 Å². The highest BCUT2D eigenvalue weighted by atomic mass is 16.5. The van der Waals surface area contributed by atoms with Crippen LogP contribution in [-0.4, -0.2) is 30.1 Å². The van der Waals surface area contributed by atoms with Crippen LogP contribution in [0.4, 0.5) is 0 Å². The zero-order valence-corrected chi connectivity index (χ0v) is 15.4. The summed E-state index contributed by atoms with van der Waals surface area (Å²) in [5.74, 6) is 1.04. The Bertz CT molecular complexity index is 806. The van der Waals surface area contributed by atoms with E-state index in [0.717, 1.165) is 36.7 Å². The van der Waals surface area contributed by atoms with Crippen molar-refractivity contribution in [3.05, 3.63) is 53.6 Å². The Morgan fingerprint density at radius 2 is 1.92 bits per heavy atom. The first-order valence-corrected chi connectivity index (χ1v) is 9.77. The summed E-state index contributed by atoms with van der Waals surface area (Å²) in [7, 11) is 0. The summed E-state index contributed by atoms with van der Waals surface area (Å²) in [5.41, 5.74) is 4.35. The van der Waals surface area contributed by atoms with Crippen LogP contribution in [0.5, 0.6) is 5.75 Å². The molecule has 2 atom stereocenters. The van der Waals surface area contributed by atoms with Crippen LogP contribution in [-0.2, 0) is 6.42 Å². The van der Waals surface area contributed by atoms with Gasteiger partial charge < -0.3 is 9.64 Å². The molecule has 0 aliphatic carbocycles. The second-order valence-corrected chi connectivity index (χ2v) is 7.63. The predicted octanol–water partition coefficient (Wildman–Crippen LogP) is 4.79. The molecule has 2 aromatic rings. The highest BCUT2D eigenvalue weighted by molar-refractivity contribution is 5.66. The number of nitriles is 1. The van der Waals surface area contributed by atoms with E-state index in [4.69, 9.17) is 10.00 Å². The summed E-state index contributed by atoms with van der Waals surface area (Å²) < 4.78 is 6.19. The maximum atomic E-state index is 8.95. The Morgan fingerprint density at radius 3 is 2.69 bits per heavy atom. The largest absolute Gasteiger partial charge is 0.490 e. The molecule has 2 aromatic carbocycles. The van der Waals surface area contributed by atoms with E-state index in [1.54, 1.807) is 0 Å². The van der Waals surface area contributed by atoms with Crippen LogP contribution in [0.1, 0.15) is 43.7 Å². The molecule has 1 fully saturated rings. The molecule has 0 radical (unpaired) electrons. The number of likely N-dealkylation sites (tertiary alicyclic amines) is 1. The summed E-state index contributed by atoms with van der Waals surface area (Å²) in [5, 5.41) is 8.95. The average Bonchev–Trinajstić information content (AvgIpc) is 3.09. The lowest BCUT2D eigenvalue weighted by molar-refractivity contribution is 0.129. The predicted molar refractivity (Wildman–Crippen MR) is 104 cm³/mol. The first kappa shape index (κ1) is 17.1. The topological polar surface area (TPSA) is 36.3 Å². The van der Waals surface area contributed by atoms with Gasteiger partial charge in [-0.2, -0.15) is 5.26 Å². The molecule has 2 aliphatic rings. The van der Waals surface area contributed by atoms with Crippen molar-refractivity contribution in [2.45, 2.75) is 51.2 Å². The molecule has 3 heteroatoms. The van der Waals surface area contributed by atoms with Crippen molar-refractivity contribution in [3.63, 3.8) is 0 Å². The van der Waals surface area contributed by atoms with Gasteiger partial charge in [-0.05, 0) is 73.7 Å². The molecule has 4 rings (SSSR count). The van der Waals surface area contributed by atoms with Crippen LogP contribution >= 0.6 is 0 Å². The Hall–Kier alpha value is -2.31. The van der Waals surface area contributed by atoms with Gasteiger partial charge in [-0.1, -0.05) is 24.6 Å². The van der Waals surface area contributed by atoms with Gasteiger partial charge >= 0.3 is 0 Å². The number of ether oxygens (including phenoxy) is 1. The summed E-state index contributed by atoms with van der Waals surface area (Å²) in [6, 6.07) is 17.2. The lowest BCUT2D eigenvalue weighted by Gasteiger charge is -2.33. The third kappa shape index (κ3) is 3.61. The summed E-state index contributed by atoms with van der Waals surface area (Å²) >= 11 is 0. The quantitative estimate of drug-likeness (QED) is 0.798. The Morgan fingerprint density at radius 1 is 1.12 bits per heavy atom. The van der Waals surface area contributed by atoms with Gasteiger partial charge in [0.2, 0.25) is 0 Å². The third-order valence-electron chi connectivity index (χ3n) is 5.83. The molecule has 0 N–H and O–H groups in total. The fourth-order valence-electron chi connectivity index (χ4n) is 4.20. The van der Waals surface area contributed by atoms with Crippen LogP contribution in [0.15, 0.2) is 42.5 Å². The lowest BCUT2D eigenvalue weighted by atomic mass is 9.99. The van der Waals surface area contributed by atoms with Gasteiger partial charge in [0.15, 0.2) is 0 Å². The maximum absolute atomic E-state index is 8.95. The molecule has 26 heavy (non-hydrogen) atoms. The van der Waals surface area contributed by atoms with Gasteiger partial charge in [0.1, 0.15) is 11.9 Å². The van der Waals surface area contributed by atoms with Crippen molar-refractivity contribution in [2.75, 3.05) is 13.1 Å². The van der Waals surface area contributed by atoms with Crippen molar-refractivity contribution in [2.24, 2.45) is 0 Å². The van der Waals surface area contributed by atoms with E-state index in [1.165, 1.54) is 36.9 Å². The van der Waals surface area contributed by atoms with Gasteiger partial charge in [-0.25, -0.2) is 0 Å². The Labute approximate surface area is 156 Å². The fourth-order valence-corrected chi connectivity index (χ4v) is 4.20. The van der Waals surface area contributed by atoms with Gasteiger partial charge in [-0.3, -0.25) is 0 Å². The maximum Gasteiger partial charge on any atom is 0.123 e. The first-order chi connectivity index (χ1) is 12.7. The van der Waals surface area contributed by atoms with Crippen LogP contribution < -0.4 is 4.74 Å². The van der Waals surface area contributed by atoms with Crippen LogP contribution in [0.2, 0.25) is 0 Å². The zero-order chi connectivity index (χ0) is 17.9. The van der Waals surface area contributed by atoms with Gasteiger partial charge in [0.25, 0.3) is 0 Å². The molecule has 1 saturated heterocycles. The first-order valence-electron chi connectivity index (χ1n) is 9.77. The van der Waals surface area contributed by atoms with Gasteiger partial charge in [-0.15, -0.1) is 0 Å². The average molecular weight is 346 g/mol. The van der Waals surface area contributed by atoms with Crippen LogP contribution in [0.3, 0.4) is 0 Å². The SMILES string of the molecule is CC1CCCCN1CCC1Cc2cc(-c3ccc(C#N)cc3)ccc2O1. The van der Waals surface area contributed by atoms with Crippen LogP contribution in [0, 0.1) is 11.3 Å². The second kappa shape index (κ2) is 7.51. The minimum absolute atomic E-state index is 0.301. The molecular weight excluding hydrogens is 320 g/mol. The van der Waals surface area contributed by atoms with E-state index in [9.17, 15) is 0 Å². The summed E-state index contributed by atoms with van der Waals surface area (Å²) in [4.78, 5) is 2.62. The van der Waals surface area contributed by atoms with E-state index in [-0.39, 0.29) is 0 Å². The number of hydrogen-bond donors (Lipinski definition) is 0. The molecule has 2 heterocycles. The third-order valence-corrected chi connectivity index (χ3v) is 5.83. The number of hydrogen-bond acceptors (Lipinski definition) is 3. The van der Waals surface area contributed by atoms with Crippen molar-refractivity contribution in [1.82, 2.24) is 4.90 Å². The number of piperidine rings is 1. The minimum Gasteiger partial charge on any atom is -0.490 e. The van der Waals surface area contributed by atoms with Gasteiger partial charge in [0.05, 0.1) is 11.6 Å². The van der Waals surface area contributed by atoms with Crippen molar-refractivity contribution in [3.8, 4) is 22.9 Å². The molecule has 3 nitrogen and oxygen atoms in total. The highest BCUT2D eigenvalue weighted by Gasteiger charge is 2.25. The second-order valence-electron chi connectivity index (χ2n) is 7.63. The van der Waals surface area contributed by atoms with E-state index in [0.29, 0.717) is 11.7 Å². The molecule has 0 aromatic heterocycles. The number of rotatable bonds is 4. The number of nitrogens with zero attached hydrogens (tertiary/aromatic N) is 2. The molecule has 2 unspecified atom stereocenters. The standard InChI is InChI=1S/C23H26N2O/c1-17-4-2-3-12-25(17)13-11-22-15-21-14-20(9-10-23(21)26-22)19-7-5-18(16-24)6-8-19/h5-10,14,17,22H,2-4,11-13,15H2,1H3. The fraction of sp³-hybridized carbons (Fsp3) is 0.435. The van der Waals surface area contributed by atoms with Crippen LogP contribution in [0.25, 0.3) is 11.1 Å². The highest BCUT2D eigenvalue weighted by Crippen LogP contribution is 2.34. The number of fused-ring (bicyclic) bond motifs is 1. The molecule has 0 spiro atoms. The smallest absolute Gasteiger partial charge is 0.123 e. The molecular formula is C23H26N2O. The van der Waals surface area contributed by atoms with Crippen molar-refractivity contribution < 1.29 is 4.74 Å². The molecule has 0 saturated carbocycles. The number of benzene rings is 2.